The van der Waals surface area contributed by atoms with Crippen molar-refractivity contribution in [1.82, 2.24) is 54.6 Å². The lowest BCUT2D eigenvalue weighted by atomic mass is 10.0. The molecule has 8 aromatic rings. The second kappa shape index (κ2) is 30.5. The Balaban J connectivity index is 0.000000166. The smallest absolute Gasteiger partial charge is 0.229 e. The second-order valence-electron chi connectivity index (χ2n) is 23.4. The molecule has 490 valence electrons. The molecule has 4 aromatic heterocycles. The maximum Gasteiger partial charge on any atom is 0.229 e. The lowest BCUT2D eigenvalue weighted by Gasteiger charge is -2.43. The van der Waals surface area contributed by atoms with E-state index in [1.807, 2.05) is 6.07 Å². The molecule has 0 unspecified atom stereocenters. The predicted octanol–water partition coefficient (Wildman–Crippen LogP) is 9.76. The van der Waals surface area contributed by atoms with Crippen LogP contribution in [0.2, 0.25) is 5.28 Å². The number of fused-ring (bicyclic) bond motifs is 2. The Morgan fingerprint density at radius 2 is 1.05 bits per heavy atom. The van der Waals surface area contributed by atoms with E-state index >= 15 is 0 Å². The number of nitrogen functional groups attached to an aromatic ring is 1. The van der Waals surface area contributed by atoms with Crippen LogP contribution in [0.4, 0.5) is 51.7 Å². The summed E-state index contributed by atoms with van der Waals surface area (Å²) in [5, 5.41) is 9.76. The van der Waals surface area contributed by atoms with Gasteiger partial charge in [-0.15, -0.1) is 0 Å². The fourth-order valence-electron chi connectivity index (χ4n) is 12.1. The van der Waals surface area contributed by atoms with Gasteiger partial charge in [-0.05, 0) is 138 Å². The molecule has 4 aromatic carbocycles. The summed E-state index contributed by atoms with van der Waals surface area (Å²) >= 11 is 12.7. The molecule has 0 amide bonds. The van der Waals surface area contributed by atoms with E-state index in [0.29, 0.717) is 82.9 Å². The first-order valence-electron chi connectivity index (χ1n) is 30.3. The van der Waals surface area contributed by atoms with Crippen LogP contribution in [0.3, 0.4) is 0 Å². The summed E-state index contributed by atoms with van der Waals surface area (Å²) in [6.07, 6.45) is 16.5. The van der Waals surface area contributed by atoms with Gasteiger partial charge in [-0.2, -0.15) is 9.97 Å². The highest BCUT2D eigenvalue weighted by Gasteiger charge is 2.30. The molecule has 4 aliphatic rings. The number of aromatic nitrogens is 8. The van der Waals surface area contributed by atoms with Gasteiger partial charge in [0.1, 0.15) is 23.1 Å². The first-order chi connectivity index (χ1) is 44.1. The number of hydrogen-bond donors (Lipinski definition) is 4. The van der Waals surface area contributed by atoms with E-state index < -0.39 is 19.7 Å². The number of morpholine rings is 1. The molecule has 24 nitrogen and oxygen atoms in total. The SMILES string of the molecule is COc1cc(N2CCC(N3CCN(C)CC3)CC2)c(C)cc1N.COc1cc(N2CCC(N3CCOCC3)CC2)c(C)cc1Nc1ncc(Br)c(Nc2ccc3nccnc3c2CS(C)(=O)=O)n1.CS(=O)(=O)Cc1c(Nc2nc(Cl)ncc2Br)ccc2nccnc12. The fourth-order valence-corrected chi connectivity index (χ4v) is 14.5. The number of likely N-dealkylation sites (N-methyl/N-ethyl adjacent to an activating group) is 1. The van der Waals surface area contributed by atoms with Crippen LogP contribution in [-0.4, -0.2) is 196 Å². The van der Waals surface area contributed by atoms with Crippen LogP contribution in [0, 0.1) is 13.8 Å². The predicted molar refractivity (Wildman–Crippen MR) is 372 cm³/mol. The highest BCUT2D eigenvalue weighted by molar-refractivity contribution is 9.11. The summed E-state index contributed by atoms with van der Waals surface area (Å²) in [5.74, 6) is 2.33. The average Bonchev–Trinajstić information content (AvgIpc) is 2.34. The van der Waals surface area contributed by atoms with Crippen LogP contribution < -0.4 is 41.0 Å². The molecule has 4 saturated heterocycles. The Bertz CT molecular complexity index is 4140. The number of aryl methyl sites for hydroxylation is 2. The summed E-state index contributed by atoms with van der Waals surface area (Å²) in [7, 11) is -1.08. The van der Waals surface area contributed by atoms with Crippen LogP contribution in [0.1, 0.15) is 47.9 Å². The van der Waals surface area contributed by atoms with Crippen molar-refractivity contribution in [2.75, 3.05) is 144 Å². The van der Waals surface area contributed by atoms with E-state index in [9.17, 15) is 16.8 Å². The number of piperazine rings is 1. The number of ether oxygens (including phenoxy) is 3. The Hall–Kier alpha value is -6.89. The number of nitrogens with two attached hydrogens (primary N) is 1. The van der Waals surface area contributed by atoms with Gasteiger partial charge in [-0.1, -0.05) is 0 Å². The molecule has 0 atom stereocenters. The van der Waals surface area contributed by atoms with Crippen molar-refractivity contribution in [3.05, 3.63) is 122 Å². The largest absolute Gasteiger partial charge is 0.495 e. The van der Waals surface area contributed by atoms with Crippen LogP contribution in [0.15, 0.2) is 94.7 Å². The number of sulfone groups is 2. The molecule has 5 N–H and O–H groups in total. The zero-order valence-electron chi connectivity index (χ0n) is 52.7. The molecule has 8 heterocycles. The summed E-state index contributed by atoms with van der Waals surface area (Å²) < 4.78 is 66.3. The Morgan fingerprint density at radius 1 is 0.587 bits per heavy atom. The number of nitrogens with one attached hydrogen (secondary N) is 3. The van der Waals surface area contributed by atoms with Gasteiger partial charge < -0.3 is 50.6 Å². The maximum absolute atomic E-state index is 12.3. The van der Waals surface area contributed by atoms with Crippen molar-refractivity contribution in [3.8, 4) is 11.5 Å². The van der Waals surface area contributed by atoms with E-state index in [4.69, 9.17) is 36.5 Å². The molecule has 92 heavy (non-hydrogen) atoms. The average molecular weight is 1440 g/mol. The van der Waals surface area contributed by atoms with Gasteiger partial charge in [0.05, 0.1) is 81.3 Å². The third-order valence-corrected chi connectivity index (χ3v) is 19.8. The summed E-state index contributed by atoms with van der Waals surface area (Å²) in [6, 6.07) is 16.7. The number of benzene rings is 4. The summed E-state index contributed by atoms with van der Waals surface area (Å²) in [4.78, 5) is 47.0. The Kier molecular flexibility index (Phi) is 22.5. The molecule has 0 bridgehead atoms. The van der Waals surface area contributed by atoms with Crippen molar-refractivity contribution < 1.29 is 31.0 Å². The number of methoxy groups -OCH3 is 2. The van der Waals surface area contributed by atoms with E-state index in [1.54, 1.807) is 63.3 Å². The van der Waals surface area contributed by atoms with Crippen molar-refractivity contribution in [3.63, 3.8) is 0 Å². The minimum absolute atomic E-state index is 0.0749. The van der Waals surface area contributed by atoms with Crippen LogP contribution in [0.25, 0.3) is 22.1 Å². The standard InChI is InChI=1S/C31H37BrN8O4S.C18H30N4O.C14H11BrClN5O2S/c1-20-16-26(28(43-2)17-27(20)40-10-6-21(7-11-40)39-12-14-44-15-13-39)37-31-35-18-23(32)30(38-31)36-24-4-5-25-29(34-9-8-33-25)22(24)19-45(3,41)42;1-14-12-16(19)18(23-3)13-17(14)22-6-4-15(5-7-22)21-10-8-20(2)9-11-21;1-24(22,23)7-8-10(2-3-11-12(8)18-5-4-17-11)20-13-9(15)6-19-14(16)21-13/h4-5,8-9,16-18,21H,6-7,10-15,19H2,1-3H3,(H2,35,36,37,38);12-13,15H,4-11,19H2,1-3H3;2-6H,7H2,1H3,(H,19,20,21). The normalized spacial score (nSPS) is 16.5. The van der Waals surface area contributed by atoms with Crippen LogP contribution >= 0.6 is 43.5 Å². The molecular weight excluding hydrogens is 1370 g/mol. The topological polar surface area (TPSA) is 277 Å². The van der Waals surface area contributed by atoms with Gasteiger partial charge >= 0.3 is 0 Å². The van der Waals surface area contributed by atoms with Gasteiger partial charge in [0.15, 0.2) is 19.7 Å². The zero-order valence-corrected chi connectivity index (χ0v) is 58.2. The van der Waals surface area contributed by atoms with Crippen molar-refractivity contribution >= 4 is 137 Å². The molecular formula is C63H78Br2ClN17O7S2. The van der Waals surface area contributed by atoms with E-state index in [1.165, 1.54) is 75.2 Å². The minimum atomic E-state index is -3.36. The number of piperidine rings is 2. The number of hydrogen-bond acceptors (Lipinski definition) is 24. The summed E-state index contributed by atoms with van der Waals surface area (Å²) in [6.45, 7) is 17.0. The van der Waals surface area contributed by atoms with Crippen molar-refractivity contribution in [2.45, 2.75) is 63.1 Å². The maximum atomic E-state index is 12.3. The van der Waals surface area contributed by atoms with Gasteiger partial charge in [-0.3, -0.25) is 29.7 Å². The van der Waals surface area contributed by atoms with Crippen LogP contribution in [-0.2, 0) is 35.9 Å². The van der Waals surface area contributed by atoms with Gasteiger partial charge in [-0.25, -0.2) is 26.8 Å². The molecule has 0 saturated carbocycles. The first-order valence-corrected chi connectivity index (χ1v) is 36.4. The Labute approximate surface area is 559 Å². The van der Waals surface area contributed by atoms with E-state index in [0.717, 1.165) is 99.7 Å². The molecule has 29 heteroatoms. The van der Waals surface area contributed by atoms with Gasteiger partial charge in [0.25, 0.3) is 0 Å². The quantitative estimate of drug-likeness (QED) is 0.0517. The third-order valence-electron chi connectivity index (χ3n) is 16.8. The number of rotatable bonds is 16. The zero-order chi connectivity index (χ0) is 65.3. The number of nitrogens with zero attached hydrogens (tertiary/aromatic N) is 13. The molecule has 12 rings (SSSR count). The summed E-state index contributed by atoms with van der Waals surface area (Å²) in [5.41, 5.74) is 16.7. The highest BCUT2D eigenvalue weighted by Crippen LogP contribution is 2.39. The van der Waals surface area contributed by atoms with Crippen molar-refractivity contribution in [2.24, 2.45) is 0 Å². The van der Waals surface area contributed by atoms with E-state index in [-0.39, 0.29) is 16.8 Å². The number of halogens is 3. The molecule has 4 aliphatic heterocycles. The minimum Gasteiger partial charge on any atom is -0.495 e. The molecule has 0 spiro atoms. The first kappa shape index (κ1) is 68.0. The second-order valence-corrected chi connectivity index (χ2v) is 29.7. The fraction of sp³-hybridized carbons (Fsp3) is 0.429. The molecule has 0 aliphatic carbocycles. The monoisotopic (exact) mass is 1440 g/mol. The highest BCUT2D eigenvalue weighted by atomic mass is 79.9. The van der Waals surface area contributed by atoms with Crippen LogP contribution in [0.5, 0.6) is 11.5 Å². The molecule has 0 radical (unpaired) electrons. The van der Waals surface area contributed by atoms with Gasteiger partial charge in [0.2, 0.25) is 11.2 Å². The molecule has 4 fully saturated rings. The van der Waals surface area contributed by atoms with E-state index in [2.05, 4.69) is 146 Å². The lowest BCUT2D eigenvalue weighted by Crippen LogP contribution is -2.52. The van der Waals surface area contributed by atoms with Gasteiger partial charge in [0, 0.05) is 173 Å². The third kappa shape index (κ3) is 17.5. The lowest BCUT2D eigenvalue weighted by molar-refractivity contribution is 0.0115. The van der Waals surface area contributed by atoms with Crippen molar-refractivity contribution in [1.29, 1.82) is 0 Å². The Morgan fingerprint density at radius 3 is 1.57 bits per heavy atom. The number of anilines is 9.